The summed E-state index contributed by atoms with van der Waals surface area (Å²) in [5.74, 6) is 0.0606. The summed E-state index contributed by atoms with van der Waals surface area (Å²) in [6.07, 6.45) is 2.45. The van der Waals surface area contributed by atoms with Crippen molar-refractivity contribution >= 4 is 45.7 Å². The van der Waals surface area contributed by atoms with E-state index in [-0.39, 0.29) is 31.0 Å². The van der Waals surface area contributed by atoms with Gasteiger partial charge in [0.2, 0.25) is 5.91 Å². The zero-order valence-electron chi connectivity index (χ0n) is 15.8. The molecule has 0 N–H and O–H groups in total. The van der Waals surface area contributed by atoms with Gasteiger partial charge in [-0.25, -0.2) is 0 Å². The summed E-state index contributed by atoms with van der Waals surface area (Å²) in [6.45, 7) is 1.80. The molecule has 7 heteroatoms. The minimum absolute atomic E-state index is 0.0392. The number of carbonyl (C=O) groups is 2. The Morgan fingerprint density at radius 1 is 1.24 bits per heavy atom. The third kappa shape index (κ3) is 2.83. The number of nitrogens with zero attached hydrogens (tertiary/aromatic N) is 3. The minimum atomic E-state index is -0.280. The highest BCUT2D eigenvalue weighted by Crippen LogP contribution is 2.42. The Balaban J connectivity index is 1.53. The van der Waals surface area contributed by atoms with Crippen LogP contribution in [0.4, 0.5) is 11.4 Å². The number of amides is 2. The number of aromatic nitrogens is 1. The molecule has 2 aromatic carbocycles. The van der Waals surface area contributed by atoms with Crippen LogP contribution >= 0.6 is 11.6 Å². The van der Waals surface area contributed by atoms with E-state index in [1.54, 1.807) is 23.2 Å². The second-order valence-corrected chi connectivity index (χ2v) is 7.73. The first-order valence-corrected chi connectivity index (χ1v) is 9.82. The van der Waals surface area contributed by atoms with E-state index in [0.29, 0.717) is 22.0 Å². The van der Waals surface area contributed by atoms with Crippen LogP contribution in [0.15, 0.2) is 48.7 Å². The number of benzene rings is 2. The van der Waals surface area contributed by atoms with Crippen molar-refractivity contribution in [3.8, 4) is 5.75 Å². The second-order valence-electron chi connectivity index (χ2n) is 7.32. The number of hydrogen-bond donors (Lipinski definition) is 0. The average Bonchev–Trinajstić information content (AvgIpc) is 3.06. The largest absolute Gasteiger partial charge is 0.479 e. The van der Waals surface area contributed by atoms with Gasteiger partial charge in [-0.15, -0.1) is 0 Å². The second kappa shape index (κ2) is 6.74. The number of carbonyl (C=O) groups excluding carboxylic acids is 2. The van der Waals surface area contributed by atoms with Crippen LogP contribution in [0.2, 0.25) is 5.02 Å². The van der Waals surface area contributed by atoms with Crippen LogP contribution in [-0.2, 0) is 16.0 Å². The molecule has 1 atom stereocenters. The van der Waals surface area contributed by atoms with Gasteiger partial charge in [0.25, 0.3) is 5.91 Å². The number of halogens is 1. The Morgan fingerprint density at radius 2 is 2.07 bits per heavy atom. The molecular weight excluding hydrogens is 390 g/mol. The predicted molar refractivity (Wildman–Crippen MR) is 112 cm³/mol. The Morgan fingerprint density at radius 3 is 2.93 bits per heavy atom. The van der Waals surface area contributed by atoms with Crippen molar-refractivity contribution in [2.45, 2.75) is 19.4 Å². The van der Waals surface area contributed by atoms with E-state index in [0.717, 1.165) is 23.1 Å². The first kappa shape index (κ1) is 17.9. The summed E-state index contributed by atoms with van der Waals surface area (Å²) >= 11 is 6.43. The van der Waals surface area contributed by atoms with Gasteiger partial charge in [0, 0.05) is 23.3 Å². The highest BCUT2D eigenvalue weighted by Gasteiger charge is 2.35. The van der Waals surface area contributed by atoms with Crippen LogP contribution in [0.1, 0.15) is 12.5 Å². The van der Waals surface area contributed by atoms with E-state index in [1.807, 2.05) is 37.3 Å². The normalized spacial score (nSPS) is 17.9. The summed E-state index contributed by atoms with van der Waals surface area (Å²) in [5.41, 5.74) is 3.11. The lowest BCUT2D eigenvalue weighted by Crippen LogP contribution is -2.48. The molecule has 0 saturated heterocycles. The highest BCUT2D eigenvalue weighted by atomic mass is 35.5. The molecule has 0 saturated carbocycles. The monoisotopic (exact) mass is 407 g/mol. The summed E-state index contributed by atoms with van der Waals surface area (Å²) in [4.78, 5) is 33.5. The van der Waals surface area contributed by atoms with Crippen LogP contribution in [0.25, 0.3) is 10.9 Å². The molecular formula is C22H18ClN3O3. The lowest BCUT2D eigenvalue weighted by atomic mass is 10.1. The van der Waals surface area contributed by atoms with E-state index in [9.17, 15) is 9.59 Å². The summed E-state index contributed by atoms with van der Waals surface area (Å²) in [5, 5.41) is 1.21. The Kier molecular flexibility index (Phi) is 4.17. The molecule has 5 rings (SSSR count). The Bertz CT molecular complexity index is 1160. The Hall–Kier alpha value is -3.12. The fourth-order valence-electron chi connectivity index (χ4n) is 4.18. The number of para-hydroxylation sites is 1. The number of pyridine rings is 1. The van der Waals surface area contributed by atoms with Crippen LogP contribution in [0.5, 0.6) is 5.75 Å². The first-order chi connectivity index (χ1) is 14.0. The molecule has 1 aromatic heterocycles. The van der Waals surface area contributed by atoms with Gasteiger partial charge in [-0.3, -0.25) is 19.5 Å². The van der Waals surface area contributed by atoms with Crippen molar-refractivity contribution in [1.29, 1.82) is 0 Å². The molecule has 0 spiro atoms. The van der Waals surface area contributed by atoms with Crippen molar-refractivity contribution in [1.82, 2.24) is 4.98 Å². The van der Waals surface area contributed by atoms with Crippen molar-refractivity contribution < 1.29 is 14.3 Å². The topological polar surface area (TPSA) is 62.7 Å². The van der Waals surface area contributed by atoms with Crippen molar-refractivity contribution in [2.75, 3.05) is 23.0 Å². The van der Waals surface area contributed by atoms with E-state index in [1.165, 1.54) is 4.90 Å². The van der Waals surface area contributed by atoms with Crippen molar-refractivity contribution in [2.24, 2.45) is 0 Å². The van der Waals surface area contributed by atoms with Gasteiger partial charge in [-0.2, -0.15) is 0 Å². The van der Waals surface area contributed by atoms with Gasteiger partial charge in [0.05, 0.1) is 10.7 Å². The maximum Gasteiger partial charge on any atom is 0.265 e. The van der Waals surface area contributed by atoms with Gasteiger partial charge in [-0.05, 0) is 43.2 Å². The minimum Gasteiger partial charge on any atom is -0.479 e. The molecule has 0 fully saturated rings. The lowest BCUT2D eigenvalue weighted by molar-refractivity contribution is -0.124. The van der Waals surface area contributed by atoms with Gasteiger partial charge < -0.3 is 9.64 Å². The molecule has 2 amide bonds. The quantitative estimate of drug-likeness (QED) is 0.651. The third-order valence-electron chi connectivity index (χ3n) is 5.48. The molecule has 2 aliphatic heterocycles. The SMILES string of the molecule is C[C@@H]1Cc2ccccc2N1C(=O)CN1C(=O)COc2c1cc(Cl)c1cccnc21. The third-order valence-corrected chi connectivity index (χ3v) is 5.79. The standard InChI is InChI=1S/C22H18ClN3O3/c1-13-9-14-5-2-3-7-17(14)26(13)19(27)11-25-18-10-16(23)15-6-4-8-24-21(15)22(18)29-12-20(25)28/h2-8,10,13H,9,11-12H2,1H3/t13-/m1/s1. The fourth-order valence-corrected chi connectivity index (χ4v) is 4.44. The van der Waals surface area contributed by atoms with E-state index in [4.69, 9.17) is 16.3 Å². The molecule has 3 heterocycles. The summed E-state index contributed by atoms with van der Waals surface area (Å²) < 4.78 is 5.68. The number of rotatable bonds is 2. The van der Waals surface area contributed by atoms with Crippen LogP contribution in [0, 0.1) is 0 Å². The number of anilines is 2. The van der Waals surface area contributed by atoms with Gasteiger partial charge in [-0.1, -0.05) is 29.8 Å². The fraction of sp³-hybridized carbons (Fsp3) is 0.227. The van der Waals surface area contributed by atoms with E-state index < -0.39 is 0 Å². The molecule has 2 aliphatic rings. The van der Waals surface area contributed by atoms with Gasteiger partial charge >= 0.3 is 0 Å². The van der Waals surface area contributed by atoms with E-state index in [2.05, 4.69) is 4.98 Å². The number of hydrogen-bond acceptors (Lipinski definition) is 4. The molecule has 0 unspecified atom stereocenters. The molecule has 0 radical (unpaired) electrons. The zero-order valence-corrected chi connectivity index (χ0v) is 16.5. The molecule has 0 aliphatic carbocycles. The molecule has 0 bridgehead atoms. The van der Waals surface area contributed by atoms with Crippen molar-refractivity contribution in [3.05, 3.63) is 59.2 Å². The molecule has 29 heavy (non-hydrogen) atoms. The number of ether oxygens (including phenoxy) is 1. The molecule has 146 valence electrons. The first-order valence-electron chi connectivity index (χ1n) is 9.45. The highest BCUT2D eigenvalue weighted by molar-refractivity contribution is 6.36. The molecule has 3 aromatic rings. The Labute approximate surface area is 172 Å². The van der Waals surface area contributed by atoms with Gasteiger partial charge in [0.15, 0.2) is 12.4 Å². The summed E-state index contributed by atoms with van der Waals surface area (Å²) in [6, 6.07) is 13.2. The predicted octanol–water partition coefficient (Wildman–Crippen LogP) is 3.59. The smallest absolute Gasteiger partial charge is 0.265 e. The van der Waals surface area contributed by atoms with Crippen molar-refractivity contribution in [3.63, 3.8) is 0 Å². The number of fused-ring (bicyclic) bond motifs is 4. The molecule has 6 nitrogen and oxygen atoms in total. The van der Waals surface area contributed by atoms with Crippen LogP contribution in [-0.4, -0.2) is 36.0 Å². The van der Waals surface area contributed by atoms with Crippen LogP contribution < -0.4 is 14.5 Å². The maximum absolute atomic E-state index is 13.2. The maximum atomic E-state index is 13.2. The van der Waals surface area contributed by atoms with E-state index >= 15 is 0 Å². The van der Waals surface area contributed by atoms with Crippen LogP contribution in [0.3, 0.4) is 0 Å². The van der Waals surface area contributed by atoms with Gasteiger partial charge in [0.1, 0.15) is 12.1 Å². The zero-order chi connectivity index (χ0) is 20.1. The summed E-state index contributed by atoms with van der Waals surface area (Å²) in [7, 11) is 0. The lowest BCUT2D eigenvalue weighted by Gasteiger charge is -2.32. The average molecular weight is 408 g/mol.